The van der Waals surface area contributed by atoms with Gasteiger partial charge in [0.05, 0.1) is 10.8 Å². The van der Waals surface area contributed by atoms with Gasteiger partial charge in [0.2, 0.25) is 5.91 Å². The minimum atomic E-state index is -0.471. The predicted molar refractivity (Wildman–Crippen MR) is 109 cm³/mol. The summed E-state index contributed by atoms with van der Waals surface area (Å²) in [7, 11) is 0. The summed E-state index contributed by atoms with van der Waals surface area (Å²) in [6.07, 6.45) is 5.98. The molecule has 3 unspecified atom stereocenters. The zero-order valence-corrected chi connectivity index (χ0v) is 16.9. The zero-order chi connectivity index (χ0) is 18.0. The minimum Gasteiger partial charge on any atom is -0.365 e. The molecule has 1 aromatic rings. The Balaban J connectivity index is 0.00000182. The molecule has 3 rings (SSSR count). The number of halogens is 2. The molecule has 1 aromatic heterocycles. The van der Waals surface area contributed by atoms with Gasteiger partial charge in [-0.25, -0.2) is 4.98 Å². The molecule has 3 atom stereocenters. The van der Waals surface area contributed by atoms with Crippen LogP contribution in [0.15, 0.2) is 18.3 Å². The summed E-state index contributed by atoms with van der Waals surface area (Å²) >= 11 is 0. The van der Waals surface area contributed by atoms with E-state index in [1.54, 1.807) is 6.07 Å². The zero-order valence-electron chi connectivity index (χ0n) is 15.3. The van der Waals surface area contributed by atoms with Gasteiger partial charge >= 0.3 is 0 Å². The lowest BCUT2D eigenvalue weighted by molar-refractivity contribution is -0.385. The van der Waals surface area contributed by atoms with Crippen molar-refractivity contribution in [3.8, 4) is 0 Å². The van der Waals surface area contributed by atoms with Crippen LogP contribution in [0.1, 0.15) is 39.0 Å². The van der Waals surface area contributed by atoms with Crippen LogP contribution in [-0.2, 0) is 4.79 Å². The number of nitro groups is 1. The number of hydrogen-bond donors (Lipinski definition) is 2. The van der Waals surface area contributed by atoms with Gasteiger partial charge in [0, 0.05) is 30.7 Å². The SMILES string of the molecule is CC1(N)CCCCC1C(=O)N1CCC(Nc2ccc([N+](=O)[O-])cn2)C1.Cl.Cl. The molecule has 27 heavy (non-hydrogen) atoms. The Morgan fingerprint density at radius 1 is 1.37 bits per heavy atom. The van der Waals surface area contributed by atoms with Crippen molar-refractivity contribution >= 4 is 42.2 Å². The maximum absolute atomic E-state index is 12.9. The van der Waals surface area contributed by atoms with E-state index in [2.05, 4.69) is 10.3 Å². The summed E-state index contributed by atoms with van der Waals surface area (Å²) < 4.78 is 0. The molecule has 0 aromatic carbocycles. The highest BCUT2D eigenvalue weighted by Crippen LogP contribution is 2.33. The third-order valence-corrected chi connectivity index (χ3v) is 5.36. The highest BCUT2D eigenvalue weighted by Gasteiger charge is 2.41. The first kappa shape index (κ1) is 23.4. The monoisotopic (exact) mass is 419 g/mol. The lowest BCUT2D eigenvalue weighted by Crippen LogP contribution is -2.53. The molecule has 152 valence electrons. The molecule has 1 aliphatic heterocycles. The second-order valence-corrected chi connectivity index (χ2v) is 7.38. The summed E-state index contributed by atoms with van der Waals surface area (Å²) in [5.74, 6) is 0.648. The second-order valence-electron chi connectivity index (χ2n) is 7.38. The van der Waals surface area contributed by atoms with Crippen LogP contribution in [0.3, 0.4) is 0 Å². The molecule has 2 heterocycles. The quantitative estimate of drug-likeness (QED) is 0.572. The van der Waals surface area contributed by atoms with E-state index >= 15 is 0 Å². The van der Waals surface area contributed by atoms with Gasteiger partial charge in [0.1, 0.15) is 12.0 Å². The van der Waals surface area contributed by atoms with E-state index in [4.69, 9.17) is 5.73 Å². The Morgan fingerprint density at radius 3 is 2.70 bits per heavy atom. The van der Waals surface area contributed by atoms with Crippen molar-refractivity contribution < 1.29 is 9.72 Å². The van der Waals surface area contributed by atoms with Gasteiger partial charge in [-0.2, -0.15) is 0 Å². The van der Waals surface area contributed by atoms with Crippen molar-refractivity contribution in [3.05, 3.63) is 28.4 Å². The van der Waals surface area contributed by atoms with Crippen molar-refractivity contribution in [1.82, 2.24) is 9.88 Å². The summed E-state index contributed by atoms with van der Waals surface area (Å²) in [5, 5.41) is 13.9. The molecular formula is C17H27Cl2N5O3. The molecule has 2 aliphatic rings. The van der Waals surface area contributed by atoms with E-state index in [1.165, 1.54) is 12.3 Å². The summed E-state index contributed by atoms with van der Waals surface area (Å²) in [6.45, 7) is 3.31. The van der Waals surface area contributed by atoms with Crippen LogP contribution in [0.25, 0.3) is 0 Å². The Morgan fingerprint density at radius 2 is 2.11 bits per heavy atom. The molecule has 3 N–H and O–H groups in total. The maximum atomic E-state index is 12.9. The Hall–Kier alpha value is -1.64. The first-order valence-corrected chi connectivity index (χ1v) is 8.81. The Bertz CT molecular complexity index is 656. The third-order valence-electron chi connectivity index (χ3n) is 5.36. The molecule has 1 saturated heterocycles. The van der Waals surface area contributed by atoms with Crippen molar-refractivity contribution in [2.45, 2.75) is 50.6 Å². The van der Waals surface area contributed by atoms with E-state index < -0.39 is 10.5 Å². The average molecular weight is 420 g/mol. The third kappa shape index (κ3) is 5.43. The normalized spacial score (nSPS) is 27.3. The first-order chi connectivity index (χ1) is 11.9. The highest BCUT2D eigenvalue weighted by atomic mass is 35.5. The van der Waals surface area contributed by atoms with Crippen molar-refractivity contribution in [1.29, 1.82) is 0 Å². The fourth-order valence-corrected chi connectivity index (χ4v) is 3.85. The fourth-order valence-electron chi connectivity index (χ4n) is 3.85. The van der Waals surface area contributed by atoms with Crippen LogP contribution < -0.4 is 11.1 Å². The number of rotatable bonds is 4. The van der Waals surface area contributed by atoms with Gasteiger partial charge in [-0.15, -0.1) is 24.8 Å². The molecule has 8 nitrogen and oxygen atoms in total. The smallest absolute Gasteiger partial charge is 0.287 e. The first-order valence-electron chi connectivity index (χ1n) is 8.81. The minimum absolute atomic E-state index is 0. The van der Waals surface area contributed by atoms with Gasteiger partial charge in [0.25, 0.3) is 5.69 Å². The number of carbonyl (C=O) groups excluding carboxylic acids is 1. The van der Waals surface area contributed by atoms with Crippen LogP contribution in [-0.4, -0.2) is 45.4 Å². The number of carbonyl (C=O) groups is 1. The number of amides is 1. The summed E-state index contributed by atoms with van der Waals surface area (Å²) in [4.78, 5) is 29.0. The van der Waals surface area contributed by atoms with Gasteiger partial charge in [0.15, 0.2) is 0 Å². The second kappa shape index (κ2) is 9.52. The highest BCUT2D eigenvalue weighted by molar-refractivity contribution is 5.85. The summed E-state index contributed by atoms with van der Waals surface area (Å²) in [6, 6.07) is 3.13. The van der Waals surface area contributed by atoms with Crippen molar-refractivity contribution in [3.63, 3.8) is 0 Å². The van der Waals surface area contributed by atoms with Crippen LogP contribution in [0.5, 0.6) is 0 Å². The molecule has 1 amide bonds. The number of hydrogen-bond acceptors (Lipinski definition) is 6. The topological polar surface area (TPSA) is 114 Å². The number of pyridine rings is 1. The van der Waals surface area contributed by atoms with Crippen molar-refractivity contribution in [2.75, 3.05) is 18.4 Å². The van der Waals surface area contributed by atoms with Crippen LogP contribution in [0.2, 0.25) is 0 Å². The fraction of sp³-hybridized carbons (Fsp3) is 0.647. The van der Waals surface area contributed by atoms with E-state index in [9.17, 15) is 14.9 Å². The summed E-state index contributed by atoms with van der Waals surface area (Å²) in [5.41, 5.74) is 5.91. The van der Waals surface area contributed by atoms with Gasteiger partial charge in [-0.3, -0.25) is 14.9 Å². The number of likely N-dealkylation sites (tertiary alicyclic amines) is 1. The molecule has 1 aliphatic carbocycles. The molecule has 10 heteroatoms. The molecule has 0 spiro atoms. The van der Waals surface area contributed by atoms with Crippen molar-refractivity contribution in [2.24, 2.45) is 11.7 Å². The van der Waals surface area contributed by atoms with E-state index in [0.29, 0.717) is 18.9 Å². The number of aromatic nitrogens is 1. The van der Waals surface area contributed by atoms with E-state index in [0.717, 1.165) is 32.1 Å². The number of nitrogens with two attached hydrogens (primary N) is 1. The van der Waals surface area contributed by atoms with E-state index in [-0.39, 0.29) is 48.4 Å². The Labute approximate surface area is 171 Å². The number of nitrogens with one attached hydrogen (secondary N) is 1. The Kier molecular flexibility index (Phi) is 8.25. The largest absolute Gasteiger partial charge is 0.365 e. The molecule has 0 radical (unpaired) electrons. The molecule has 1 saturated carbocycles. The van der Waals surface area contributed by atoms with E-state index in [1.807, 2.05) is 11.8 Å². The van der Waals surface area contributed by atoms with Crippen LogP contribution in [0.4, 0.5) is 11.5 Å². The number of anilines is 1. The molecule has 0 bridgehead atoms. The van der Waals surface area contributed by atoms with Crippen LogP contribution >= 0.6 is 24.8 Å². The predicted octanol–water partition coefficient (Wildman–Crippen LogP) is 2.75. The average Bonchev–Trinajstić information content (AvgIpc) is 3.03. The number of nitrogens with zero attached hydrogens (tertiary/aromatic N) is 3. The standard InChI is InChI=1S/C17H25N5O3.2ClH/c1-17(18)8-3-2-4-14(17)16(23)21-9-7-12(11-21)20-15-6-5-13(10-19-15)22(24)25;;/h5-6,10,12,14H,2-4,7-9,11,18H2,1H3,(H,19,20);2*1H. The molecular weight excluding hydrogens is 393 g/mol. The maximum Gasteiger partial charge on any atom is 0.287 e. The van der Waals surface area contributed by atoms with Gasteiger partial charge < -0.3 is 16.0 Å². The van der Waals surface area contributed by atoms with Crippen LogP contribution in [0, 0.1) is 16.0 Å². The van der Waals surface area contributed by atoms with Gasteiger partial charge in [-0.05, 0) is 32.3 Å². The van der Waals surface area contributed by atoms with Gasteiger partial charge in [-0.1, -0.05) is 12.8 Å². The lowest BCUT2D eigenvalue weighted by atomic mass is 9.74. The molecule has 2 fully saturated rings. The lowest BCUT2D eigenvalue weighted by Gasteiger charge is -2.39.